The molecule has 0 amide bonds. The van der Waals surface area contributed by atoms with Crippen molar-refractivity contribution in [2.75, 3.05) is 6.61 Å². The summed E-state index contributed by atoms with van der Waals surface area (Å²) < 4.78 is 0. The van der Waals surface area contributed by atoms with Crippen LogP contribution in [0.5, 0.6) is 0 Å². The minimum absolute atomic E-state index is 0.254. The zero-order valence-corrected chi connectivity index (χ0v) is 10.8. The number of carboxylic acid groups (broad SMARTS) is 1. The number of unbranched alkanes of at least 4 members (excludes halogenated alkanes) is 3. The molecule has 1 saturated carbocycles. The molecule has 0 aromatic carbocycles. The Kier molecular flexibility index (Phi) is 6.56. The first kappa shape index (κ1) is 14.5. The summed E-state index contributed by atoms with van der Waals surface area (Å²) in [7, 11) is 0. The Morgan fingerprint density at radius 3 is 2.06 bits per heavy atom. The monoisotopic (exact) mass is 242 g/mol. The van der Waals surface area contributed by atoms with Gasteiger partial charge in [-0.3, -0.25) is 4.79 Å². The molecular formula is C14H26O3. The average molecular weight is 242 g/mol. The van der Waals surface area contributed by atoms with Crippen LogP contribution in [0, 0.1) is 5.41 Å². The van der Waals surface area contributed by atoms with Crippen LogP contribution >= 0.6 is 0 Å². The van der Waals surface area contributed by atoms with Crippen LogP contribution in [0.3, 0.4) is 0 Å². The van der Waals surface area contributed by atoms with Crippen LogP contribution in [-0.4, -0.2) is 22.8 Å². The first-order valence-electron chi connectivity index (χ1n) is 7.05. The van der Waals surface area contributed by atoms with E-state index < -0.39 is 11.4 Å². The molecule has 3 heteroatoms. The van der Waals surface area contributed by atoms with Gasteiger partial charge in [0.1, 0.15) is 0 Å². The second-order valence-corrected chi connectivity index (χ2v) is 5.39. The molecule has 0 bridgehead atoms. The van der Waals surface area contributed by atoms with Crippen molar-refractivity contribution in [3.8, 4) is 0 Å². The van der Waals surface area contributed by atoms with E-state index in [1.54, 1.807) is 0 Å². The van der Waals surface area contributed by atoms with Gasteiger partial charge in [-0.2, -0.15) is 0 Å². The van der Waals surface area contributed by atoms with Crippen LogP contribution in [0.25, 0.3) is 0 Å². The van der Waals surface area contributed by atoms with E-state index in [4.69, 9.17) is 5.11 Å². The highest BCUT2D eigenvalue weighted by Gasteiger charge is 2.37. The number of aliphatic hydroxyl groups excluding tert-OH is 1. The van der Waals surface area contributed by atoms with Crippen molar-refractivity contribution in [2.45, 2.75) is 70.6 Å². The lowest BCUT2D eigenvalue weighted by Crippen LogP contribution is -2.30. The van der Waals surface area contributed by atoms with Gasteiger partial charge in [0.15, 0.2) is 0 Å². The van der Waals surface area contributed by atoms with E-state index in [1.165, 1.54) is 12.8 Å². The third-order valence-electron chi connectivity index (χ3n) is 4.08. The van der Waals surface area contributed by atoms with Gasteiger partial charge >= 0.3 is 5.97 Å². The number of carbonyl (C=O) groups is 1. The van der Waals surface area contributed by atoms with Crippen molar-refractivity contribution in [1.82, 2.24) is 0 Å². The van der Waals surface area contributed by atoms with Crippen molar-refractivity contribution in [1.29, 1.82) is 0 Å². The number of carboxylic acids is 1. The molecular weight excluding hydrogens is 216 g/mol. The zero-order valence-electron chi connectivity index (χ0n) is 10.8. The van der Waals surface area contributed by atoms with E-state index in [9.17, 15) is 9.90 Å². The first-order chi connectivity index (χ1) is 8.21. The Morgan fingerprint density at radius 1 is 0.941 bits per heavy atom. The summed E-state index contributed by atoms with van der Waals surface area (Å²) >= 11 is 0. The molecule has 0 aromatic rings. The fraction of sp³-hybridized carbons (Fsp3) is 0.929. The van der Waals surface area contributed by atoms with Crippen LogP contribution in [-0.2, 0) is 4.79 Å². The van der Waals surface area contributed by atoms with E-state index in [-0.39, 0.29) is 6.61 Å². The topological polar surface area (TPSA) is 57.5 Å². The maximum atomic E-state index is 11.5. The Hall–Kier alpha value is -0.570. The Morgan fingerprint density at radius 2 is 1.53 bits per heavy atom. The van der Waals surface area contributed by atoms with Gasteiger partial charge in [-0.05, 0) is 25.7 Å². The summed E-state index contributed by atoms with van der Waals surface area (Å²) in [5.74, 6) is -0.582. The Balaban J connectivity index is 2.38. The standard InChI is InChI=1S/C14H26O3/c15-12-8-4-3-7-11-14(13(16)17)9-5-1-2-6-10-14/h15H,1-12H2,(H,16,17). The third kappa shape index (κ3) is 4.66. The summed E-state index contributed by atoms with van der Waals surface area (Å²) in [4.78, 5) is 11.5. The molecule has 0 aromatic heterocycles. The molecule has 2 N–H and O–H groups in total. The van der Waals surface area contributed by atoms with Crippen molar-refractivity contribution in [3.05, 3.63) is 0 Å². The van der Waals surface area contributed by atoms with Crippen LogP contribution in [0.15, 0.2) is 0 Å². The van der Waals surface area contributed by atoms with E-state index in [1.807, 2.05) is 0 Å². The minimum atomic E-state index is -0.582. The Bertz CT molecular complexity index is 218. The molecule has 100 valence electrons. The van der Waals surface area contributed by atoms with E-state index in [0.29, 0.717) is 0 Å². The molecule has 1 aliphatic rings. The van der Waals surface area contributed by atoms with E-state index >= 15 is 0 Å². The fourth-order valence-electron chi connectivity index (χ4n) is 2.90. The highest BCUT2D eigenvalue weighted by molar-refractivity contribution is 5.74. The van der Waals surface area contributed by atoms with Gasteiger partial charge in [-0.25, -0.2) is 0 Å². The van der Waals surface area contributed by atoms with Crippen LogP contribution in [0.4, 0.5) is 0 Å². The second kappa shape index (κ2) is 7.70. The first-order valence-corrected chi connectivity index (χ1v) is 7.05. The van der Waals surface area contributed by atoms with Crippen LogP contribution in [0.2, 0.25) is 0 Å². The lowest BCUT2D eigenvalue weighted by molar-refractivity contribution is -0.150. The molecule has 0 unspecified atom stereocenters. The normalized spacial score (nSPS) is 19.8. The number of rotatable bonds is 7. The van der Waals surface area contributed by atoms with Gasteiger partial charge in [0.2, 0.25) is 0 Å². The maximum Gasteiger partial charge on any atom is 0.309 e. The van der Waals surface area contributed by atoms with Crippen LogP contribution < -0.4 is 0 Å². The third-order valence-corrected chi connectivity index (χ3v) is 4.08. The molecule has 0 saturated heterocycles. The molecule has 3 nitrogen and oxygen atoms in total. The van der Waals surface area contributed by atoms with Gasteiger partial charge in [0, 0.05) is 6.61 Å². The lowest BCUT2D eigenvalue weighted by Gasteiger charge is -2.28. The number of aliphatic hydroxyl groups is 1. The molecule has 1 fully saturated rings. The van der Waals surface area contributed by atoms with Gasteiger partial charge in [0.25, 0.3) is 0 Å². The smallest absolute Gasteiger partial charge is 0.309 e. The summed E-state index contributed by atoms with van der Waals surface area (Å²) in [5, 5.41) is 18.2. The zero-order chi connectivity index (χ0) is 12.6. The molecule has 0 heterocycles. The molecule has 0 aliphatic heterocycles. The van der Waals surface area contributed by atoms with Crippen molar-refractivity contribution in [3.63, 3.8) is 0 Å². The lowest BCUT2D eigenvalue weighted by atomic mass is 9.76. The molecule has 0 spiro atoms. The predicted molar refractivity (Wildman–Crippen MR) is 67.9 cm³/mol. The van der Waals surface area contributed by atoms with Crippen molar-refractivity contribution in [2.24, 2.45) is 5.41 Å². The van der Waals surface area contributed by atoms with Gasteiger partial charge in [-0.15, -0.1) is 0 Å². The molecule has 1 rings (SSSR count). The summed E-state index contributed by atoms with van der Waals surface area (Å²) in [6, 6.07) is 0. The molecule has 0 atom stereocenters. The van der Waals surface area contributed by atoms with Crippen LogP contribution in [0.1, 0.15) is 70.6 Å². The predicted octanol–water partition coefficient (Wildman–Crippen LogP) is 3.35. The highest BCUT2D eigenvalue weighted by atomic mass is 16.4. The number of aliphatic carboxylic acids is 1. The Labute approximate surface area is 104 Å². The van der Waals surface area contributed by atoms with Crippen molar-refractivity contribution < 1.29 is 15.0 Å². The largest absolute Gasteiger partial charge is 0.481 e. The number of hydrogen-bond donors (Lipinski definition) is 2. The molecule has 17 heavy (non-hydrogen) atoms. The SMILES string of the molecule is O=C(O)C1(CCCCCCO)CCCCCC1. The molecule has 1 aliphatic carbocycles. The summed E-state index contributed by atoms with van der Waals surface area (Å²) in [5.41, 5.74) is -0.435. The molecule has 0 radical (unpaired) electrons. The van der Waals surface area contributed by atoms with Crippen molar-refractivity contribution >= 4 is 5.97 Å². The van der Waals surface area contributed by atoms with Gasteiger partial charge in [0.05, 0.1) is 5.41 Å². The second-order valence-electron chi connectivity index (χ2n) is 5.39. The highest BCUT2D eigenvalue weighted by Crippen LogP contribution is 2.39. The maximum absolute atomic E-state index is 11.5. The van der Waals surface area contributed by atoms with Gasteiger partial charge in [-0.1, -0.05) is 44.9 Å². The summed E-state index contributed by atoms with van der Waals surface area (Å²) in [6.45, 7) is 0.254. The minimum Gasteiger partial charge on any atom is -0.481 e. The average Bonchev–Trinajstić information content (AvgIpc) is 2.55. The van der Waals surface area contributed by atoms with E-state index in [2.05, 4.69) is 0 Å². The quantitative estimate of drug-likeness (QED) is 0.531. The van der Waals surface area contributed by atoms with E-state index in [0.717, 1.165) is 57.8 Å². The van der Waals surface area contributed by atoms with Gasteiger partial charge < -0.3 is 10.2 Å². The number of hydrogen-bond acceptors (Lipinski definition) is 2. The fourth-order valence-corrected chi connectivity index (χ4v) is 2.90. The summed E-state index contributed by atoms with van der Waals surface area (Å²) in [6.07, 6.45) is 11.0.